The van der Waals surface area contributed by atoms with Crippen molar-refractivity contribution in [2.45, 2.75) is 50.2 Å². The first-order valence-corrected chi connectivity index (χ1v) is 8.52. The van der Waals surface area contributed by atoms with Crippen LogP contribution in [0.25, 0.3) is 0 Å². The summed E-state index contributed by atoms with van der Waals surface area (Å²) in [5.74, 6) is 0.220. The quantitative estimate of drug-likeness (QED) is 0.352. The average Bonchev–Trinajstić information content (AvgIpc) is 2.47. The monoisotopic (exact) mass is 289 g/mol. The Hall–Kier alpha value is -0.820. The zero-order chi connectivity index (χ0) is 13.9. The first kappa shape index (κ1) is 14.6. The van der Waals surface area contributed by atoms with Crippen LogP contribution in [-0.2, 0) is 10.0 Å². The minimum absolute atomic E-state index is 0.00260. The van der Waals surface area contributed by atoms with E-state index >= 15 is 0 Å². The molecule has 2 fully saturated rings. The van der Waals surface area contributed by atoms with Crippen molar-refractivity contribution in [3.05, 3.63) is 0 Å². The fourth-order valence-electron chi connectivity index (χ4n) is 3.06. The second kappa shape index (κ2) is 6.09. The molecule has 110 valence electrons. The first-order valence-electron chi connectivity index (χ1n) is 7.02. The molecule has 0 radical (unpaired) electrons. The third-order valence-electron chi connectivity index (χ3n) is 4.32. The van der Waals surface area contributed by atoms with Crippen LogP contribution >= 0.6 is 0 Å². The van der Waals surface area contributed by atoms with Crippen LogP contribution in [-0.4, -0.2) is 42.1 Å². The van der Waals surface area contributed by atoms with E-state index in [1.54, 1.807) is 4.31 Å². The third kappa shape index (κ3) is 3.20. The Morgan fingerprint density at radius 2 is 1.68 bits per heavy atom. The molecule has 2 rings (SSSR count). The van der Waals surface area contributed by atoms with Gasteiger partial charge >= 0.3 is 0 Å². The molecule has 1 aliphatic heterocycles. The molecular weight excluding hydrogens is 266 g/mol. The van der Waals surface area contributed by atoms with Gasteiger partial charge in [0.05, 0.1) is 5.25 Å². The molecule has 1 aliphatic carbocycles. The molecule has 0 aromatic heterocycles. The predicted molar refractivity (Wildman–Crippen MR) is 73.5 cm³/mol. The van der Waals surface area contributed by atoms with Crippen molar-refractivity contribution >= 4 is 15.9 Å². The third-order valence-corrected chi connectivity index (χ3v) is 6.72. The van der Waals surface area contributed by atoms with Gasteiger partial charge in [-0.2, -0.15) is 0 Å². The molecule has 0 spiro atoms. The molecule has 1 saturated heterocycles. The van der Waals surface area contributed by atoms with E-state index in [4.69, 9.17) is 10.9 Å². The largest absolute Gasteiger partial charge is 0.409 e. The number of nitrogens with zero attached hydrogens (tertiary/aromatic N) is 2. The average molecular weight is 289 g/mol. The van der Waals surface area contributed by atoms with Gasteiger partial charge in [0.1, 0.15) is 5.84 Å². The Balaban J connectivity index is 1.96. The summed E-state index contributed by atoms with van der Waals surface area (Å²) in [6.45, 7) is 0.972. The van der Waals surface area contributed by atoms with Gasteiger partial charge in [-0.3, -0.25) is 0 Å². The van der Waals surface area contributed by atoms with Gasteiger partial charge in [0, 0.05) is 19.0 Å². The minimum atomic E-state index is -3.15. The molecule has 0 aromatic carbocycles. The second-order valence-corrected chi connectivity index (χ2v) is 7.72. The van der Waals surface area contributed by atoms with Gasteiger partial charge < -0.3 is 10.9 Å². The maximum Gasteiger partial charge on any atom is 0.216 e. The lowest BCUT2D eigenvalue weighted by Gasteiger charge is -2.34. The fourth-order valence-corrected chi connectivity index (χ4v) is 5.13. The lowest BCUT2D eigenvalue weighted by Crippen LogP contribution is -2.45. The molecule has 6 nitrogen and oxygen atoms in total. The SMILES string of the molecule is NC(=NO)C1CCN(S(=O)(=O)C2CCCCC2)CC1. The van der Waals surface area contributed by atoms with Crippen molar-refractivity contribution in [2.75, 3.05) is 13.1 Å². The molecule has 2 aliphatic rings. The molecule has 19 heavy (non-hydrogen) atoms. The summed E-state index contributed by atoms with van der Waals surface area (Å²) in [7, 11) is -3.15. The highest BCUT2D eigenvalue weighted by Crippen LogP contribution is 2.28. The van der Waals surface area contributed by atoms with Crippen molar-refractivity contribution in [1.29, 1.82) is 0 Å². The molecule has 1 saturated carbocycles. The summed E-state index contributed by atoms with van der Waals surface area (Å²) in [6, 6.07) is 0. The smallest absolute Gasteiger partial charge is 0.216 e. The van der Waals surface area contributed by atoms with Crippen molar-refractivity contribution in [1.82, 2.24) is 4.31 Å². The van der Waals surface area contributed by atoms with Crippen LogP contribution in [0.15, 0.2) is 5.16 Å². The van der Waals surface area contributed by atoms with Gasteiger partial charge in [-0.25, -0.2) is 12.7 Å². The number of hydrogen-bond acceptors (Lipinski definition) is 4. The summed E-state index contributed by atoms with van der Waals surface area (Å²) in [5.41, 5.74) is 5.58. The molecule has 0 bridgehead atoms. The number of rotatable bonds is 3. The van der Waals surface area contributed by atoms with Crippen molar-refractivity contribution in [2.24, 2.45) is 16.8 Å². The first-order chi connectivity index (χ1) is 9.05. The lowest BCUT2D eigenvalue weighted by molar-refractivity contribution is 0.287. The van der Waals surface area contributed by atoms with Gasteiger partial charge in [0.2, 0.25) is 10.0 Å². The summed E-state index contributed by atoms with van der Waals surface area (Å²) in [5, 5.41) is 11.5. The van der Waals surface area contributed by atoms with Crippen molar-refractivity contribution in [3.8, 4) is 0 Å². The summed E-state index contributed by atoms with van der Waals surface area (Å²) in [4.78, 5) is 0. The Kier molecular flexibility index (Phi) is 4.67. The van der Waals surface area contributed by atoms with Crippen LogP contribution in [0.1, 0.15) is 44.9 Å². The predicted octanol–water partition coefficient (Wildman–Crippen LogP) is 1.11. The number of hydrogen-bond donors (Lipinski definition) is 2. The summed E-state index contributed by atoms with van der Waals surface area (Å²) >= 11 is 0. The summed E-state index contributed by atoms with van der Waals surface area (Å²) in [6.07, 6.45) is 6.06. The van der Waals surface area contributed by atoms with Crippen LogP contribution < -0.4 is 5.73 Å². The molecule has 1 heterocycles. The molecule has 0 atom stereocenters. The Morgan fingerprint density at radius 3 is 2.21 bits per heavy atom. The van der Waals surface area contributed by atoms with E-state index in [2.05, 4.69) is 5.16 Å². The van der Waals surface area contributed by atoms with Crippen LogP contribution in [0, 0.1) is 5.92 Å². The molecule has 0 aromatic rings. The second-order valence-electron chi connectivity index (χ2n) is 5.50. The van der Waals surface area contributed by atoms with Gasteiger partial charge in [-0.15, -0.1) is 0 Å². The molecule has 3 N–H and O–H groups in total. The highest BCUT2D eigenvalue weighted by atomic mass is 32.2. The zero-order valence-electron chi connectivity index (χ0n) is 11.2. The maximum atomic E-state index is 12.5. The number of nitrogens with two attached hydrogens (primary N) is 1. The van der Waals surface area contributed by atoms with Gasteiger partial charge in [-0.1, -0.05) is 24.4 Å². The Morgan fingerprint density at radius 1 is 1.11 bits per heavy atom. The van der Waals surface area contributed by atoms with E-state index in [0.29, 0.717) is 25.9 Å². The Bertz CT molecular complexity index is 422. The summed E-state index contributed by atoms with van der Waals surface area (Å²) < 4.78 is 26.6. The van der Waals surface area contributed by atoms with Crippen LogP contribution in [0.2, 0.25) is 0 Å². The topological polar surface area (TPSA) is 96.0 Å². The molecule has 0 unspecified atom stereocenters. The van der Waals surface area contributed by atoms with E-state index in [1.165, 1.54) is 0 Å². The standard InChI is InChI=1S/C12H23N3O3S/c13-12(14-16)10-6-8-15(9-7-10)19(17,18)11-4-2-1-3-5-11/h10-11,16H,1-9H2,(H2,13,14). The molecule has 0 amide bonds. The van der Waals surface area contributed by atoms with Gasteiger partial charge in [0.15, 0.2) is 0 Å². The van der Waals surface area contributed by atoms with Gasteiger partial charge in [-0.05, 0) is 25.7 Å². The van der Waals surface area contributed by atoms with E-state index < -0.39 is 10.0 Å². The van der Waals surface area contributed by atoms with Gasteiger partial charge in [0.25, 0.3) is 0 Å². The van der Waals surface area contributed by atoms with Crippen LogP contribution in [0.4, 0.5) is 0 Å². The van der Waals surface area contributed by atoms with E-state index in [9.17, 15) is 8.42 Å². The highest BCUT2D eigenvalue weighted by molar-refractivity contribution is 7.89. The highest BCUT2D eigenvalue weighted by Gasteiger charge is 2.35. The maximum absolute atomic E-state index is 12.5. The van der Waals surface area contributed by atoms with Crippen molar-refractivity contribution in [3.63, 3.8) is 0 Å². The molecule has 7 heteroatoms. The van der Waals surface area contributed by atoms with Crippen LogP contribution in [0.5, 0.6) is 0 Å². The number of piperidine rings is 1. The lowest BCUT2D eigenvalue weighted by atomic mass is 9.97. The zero-order valence-corrected chi connectivity index (χ0v) is 12.0. The minimum Gasteiger partial charge on any atom is -0.409 e. The molecular formula is C12H23N3O3S. The Labute approximate surface area is 114 Å². The number of amidine groups is 1. The van der Waals surface area contributed by atoms with E-state index in [1.807, 2.05) is 0 Å². The van der Waals surface area contributed by atoms with E-state index in [0.717, 1.165) is 32.1 Å². The van der Waals surface area contributed by atoms with E-state index in [-0.39, 0.29) is 17.0 Å². The number of oxime groups is 1. The van der Waals surface area contributed by atoms with Crippen LogP contribution in [0.3, 0.4) is 0 Å². The fraction of sp³-hybridized carbons (Fsp3) is 0.917. The number of sulfonamides is 1. The van der Waals surface area contributed by atoms with Crippen molar-refractivity contribution < 1.29 is 13.6 Å². The normalized spacial score (nSPS) is 25.6.